The van der Waals surface area contributed by atoms with Crippen molar-refractivity contribution in [1.82, 2.24) is 14.5 Å². The maximum Gasteiger partial charge on any atom is 0.268 e. The summed E-state index contributed by atoms with van der Waals surface area (Å²) in [4.78, 5) is 40.6. The molecule has 0 radical (unpaired) electrons. The van der Waals surface area contributed by atoms with Crippen molar-refractivity contribution < 1.29 is 9.59 Å². The van der Waals surface area contributed by atoms with Crippen LogP contribution >= 0.6 is 0 Å². The first-order chi connectivity index (χ1) is 29.6. The van der Waals surface area contributed by atoms with Gasteiger partial charge in [0.2, 0.25) is 0 Å². The Balaban J connectivity index is 1.17. The molecule has 60 heavy (non-hydrogen) atoms. The number of carbonyl (C=O) groups excluding carboxylic acids is 2. The lowest BCUT2D eigenvalue weighted by molar-refractivity contribution is 0.0926. The fourth-order valence-corrected chi connectivity index (χ4v) is 8.73. The summed E-state index contributed by atoms with van der Waals surface area (Å²) in [7, 11) is 0. The van der Waals surface area contributed by atoms with Gasteiger partial charge in [-0.05, 0) is 105 Å². The Labute approximate surface area is 346 Å². The van der Waals surface area contributed by atoms with Crippen LogP contribution in [-0.4, -0.2) is 26.3 Å². The fourth-order valence-electron chi connectivity index (χ4n) is 8.73. The number of amides is 2. The van der Waals surface area contributed by atoms with Crippen LogP contribution in [-0.2, 0) is 0 Å². The molecule has 0 fully saturated rings. The zero-order valence-electron chi connectivity index (χ0n) is 32.2. The number of imide groups is 1. The van der Waals surface area contributed by atoms with Gasteiger partial charge >= 0.3 is 0 Å². The van der Waals surface area contributed by atoms with Crippen LogP contribution in [0.5, 0.6) is 0 Å². The molecule has 0 saturated heterocycles. The first-order valence-corrected chi connectivity index (χ1v) is 19.9. The summed E-state index contributed by atoms with van der Waals surface area (Å²) in [6.45, 7) is 0. The number of pyridine rings is 2. The molecule has 0 spiro atoms. The molecular formula is C54H34N4O2. The van der Waals surface area contributed by atoms with Crippen molar-refractivity contribution >= 4 is 39.3 Å². The first kappa shape index (κ1) is 35.0. The van der Waals surface area contributed by atoms with Crippen molar-refractivity contribution in [3.8, 4) is 61.3 Å². The minimum absolute atomic E-state index is 0.355. The van der Waals surface area contributed by atoms with Gasteiger partial charge in [-0.15, -0.1) is 0 Å². The minimum Gasteiger partial charge on any atom is -0.308 e. The van der Waals surface area contributed by atoms with Crippen molar-refractivity contribution in [3.63, 3.8) is 0 Å². The third-order valence-corrected chi connectivity index (χ3v) is 11.5. The van der Waals surface area contributed by atoms with Crippen molar-refractivity contribution in [3.05, 3.63) is 218 Å². The first-order valence-electron chi connectivity index (χ1n) is 19.9. The van der Waals surface area contributed by atoms with E-state index < -0.39 is 0 Å². The van der Waals surface area contributed by atoms with E-state index in [-0.39, 0.29) is 11.8 Å². The molecule has 0 atom stereocenters. The Kier molecular flexibility index (Phi) is 8.34. The SMILES string of the molecule is O=C1c2cccc(-n3c4cc(-c5ccncc5)ccc4c4ccc(-c5ccncc5)cc43)c2C(=O)N1c1c(-c2ccccc2)cc(-c2ccccc2)cc1-c1ccccc1. The lowest BCUT2D eigenvalue weighted by atomic mass is 9.90. The van der Waals surface area contributed by atoms with E-state index in [0.717, 1.165) is 77.4 Å². The number of benzene rings is 7. The number of nitrogens with zero attached hydrogens (tertiary/aromatic N) is 4. The van der Waals surface area contributed by atoms with Crippen LogP contribution in [0.2, 0.25) is 0 Å². The fraction of sp³-hybridized carbons (Fsp3) is 0. The number of hydrogen-bond acceptors (Lipinski definition) is 4. The third-order valence-electron chi connectivity index (χ3n) is 11.5. The molecule has 11 rings (SSSR count). The van der Waals surface area contributed by atoms with Gasteiger partial charge in [0.25, 0.3) is 11.8 Å². The topological polar surface area (TPSA) is 68.1 Å². The molecule has 0 saturated carbocycles. The molecule has 0 N–H and O–H groups in total. The number of carbonyl (C=O) groups is 2. The molecular weight excluding hydrogens is 737 g/mol. The molecule has 1 aliphatic heterocycles. The number of aromatic nitrogens is 3. The second-order valence-electron chi connectivity index (χ2n) is 14.9. The maximum absolute atomic E-state index is 15.6. The van der Waals surface area contributed by atoms with E-state index in [0.29, 0.717) is 22.5 Å². The summed E-state index contributed by atoms with van der Waals surface area (Å²) in [6, 6.07) is 60.9. The highest BCUT2D eigenvalue weighted by atomic mass is 16.2. The van der Waals surface area contributed by atoms with Gasteiger partial charge in [-0.3, -0.25) is 19.6 Å². The Hall–Kier alpha value is -8.22. The molecule has 2 amide bonds. The summed E-state index contributed by atoms with van der Waals surface area (Å²) in [5, 5.41) is 2.06. The van der Waals surface area contributed by atoms with Gasteiger partial charge < -0.3 is 4.57 Å². The van der Waals surface area contributed by atoms with Gasteiger partial charge in [0.15, 0.2) is 0 Å². The van der Waals surface area contributed by atoms with Crippen LogP contribution in [0.15, 0.2) is 207 Å². The second-order valence-corrected chi connectivity index (χ2v) is 14.9. The number of anilines is 1. The van der Waals surface area contributed by atoms with E-state index in [1.807, 2.05) is 115 Å². The highest BCUT2D eigenvalue weighted by Gasteiger charge is 2.42. The number of fused-ring (bicyclic) bond motifs is 4. The molecule has 6 nitrogen and oxygen atoms in total. The lowest BCUT2D eigenvalue weighted by Crippen LogP contribution is -2.30. The Bertz CT molecular complexity index is 3120. The zero-order valence-corrected chi connectivity index (χ0v) is 32.2. The van der Waals surface area contributed by atoms with Crippen LogP contribution < -0.4 is 4.90 Å². The minimum atomic E-state index is -0.377. The Morgan fingerprint density at radius 2 is 0.817 bits per heavy atom. The predicted octanol–water partition coefficient (Wildman–Crippen LogP) is 12.7. The van der Waals surface area contributed by atoms with Gasteiger partial charge in [0.05, 0.1) is 33.5 Å². The van der Waals surface area contributed by atoms with Crippen molar-refractivity contribution in [1.29, 1.82) is 0 Å². The molecule has 7 aromatic carbocycles. The van der Waals surface area contributed by atoms with E-state index in [1.165, 1.54) is 4.90 Å². The van der Waals surface area contributed by atoms with Crippen LogP contribution in [0.4, 0.5) is 5.69 Å². The van der Waals surface area contributed by atoms with Gasteiger partial charge in [-0.25, -0.2) is 4.90 Å². The summed E-state index contributed by atoms with van der Waals surface area (Å²) < 4.78 is 2.16. The van der Waals surface area contributed by atoms with Crippen molar-refractivity contribution in [2.75, 3.05) is 4.90 Å². The van der Waals surface area contributed by atoms with Crippen LogP contribution in [0.25, 0.3) is 83.1 Å². The predicted molar refractivity (Wildman–Crippen MR) is 241 cm³/mol. The van der Waals surface area contributed by atoms with E-state index in [2.05, 4.69) is 75.2 Å². The molecule has 3 aromatic heterocycles. The summed E-state index contributed by atoms with van der Waals surface area (Å²) in [5.74, 6) is -0.743. The average Bonchev–Trinajstić information content (AvgIpc) is 3.78. The van der Waals surface area contributed by atoms with Crippen LogP contribution in [0.1, 0.15) is 20.7 Å². The van der Waals surface area contributed by atoms with Crippen molar-refractivity contribution in [2.24, 2.45) is 0 Å². The van der Waals surface area contributed by atoms with E-state index in [4.69, 9.17) is 0 Å². The van der Waals surface area contributed by atoms with E-state index >= 15 is 9.59 Å². The highest BCUT2D eigenvalue weighted by molar-refractivity contribution is 6.37. The standard InChI is InChI=1S/C54H34N4O2/c59-53-45-17-10-18-48(57-49-33-40(36-23-27-55-28-24-36)19-21-43(49)44-22-20-41(34-50(44)57)37-25-29-56-30-26-37)51(45)54(60)58(53)52-46(38-13-6-2-7-14-38)31-42(35-11-4-1-5-12-35)32-47(52)39-15-8-3-9-16-39/h1-34H. The third kappa shape index (κ3) is 5.73. The monoisotopic (exact) mass is 770 g/mol. The molecule has 4 heterocycles. The average molecular weight is 771 g/mol. The van der Waals surface area contributed by atoms with E-state index in [1.54, 1.807) is 30.9 Å². The second kappa shape index (κ2) is 14.3. The normalized spacial score (nSPS) is 12.4. The summed E-state index contributed by atoms with van der Waals surface area (Å²) in [5.41, 5.74) is 13.2. The summed E-state index contributed by atoms with van der Waals surface area (Å²) >= 11 is 0. The lowest BCUT2D eigenvalue weighted by Gasteiger charge is -2.24. The molecule has 1 aliphatic rings. The Morgan fingerprint density at radius 3 is 1.32 bits per heavy atom. The smallest absolute Gasteiger partial charge is 0.268 e. The van der Waals surface area contributed by atoms with Gasteiger partial charge in [-0.2, -0.15) is 0 Å². The molecule has 0 unspecified atom stereocenters. The molecule has 0 bridgehead atoms. The molecule has 6 heteroatoms. The van der Waals surface area contributed by atoms with Crippen LogP contribution in [0.3, 0.4) is 0 Å². The van der Waals surface area contributed by atoms with Crippen molar-refractivity contribution in [2.45, 2.75) is 0 Å². The largest absolute Gasteiger partial charge is 0.308 e. The number of rotatable bonds is 7. The zero-order chi connectivity index (χ0) is 40.2. The summed E-state index contributed by atoms with van der Waals surface area (Å²) in [6.07, 6.45) is 7.16. The quantitative estimate of drug-likeness (QED) is 0.151. The van der Waals surface area contributed by atoms with Crippen LogP contribution in [0, 0.1) is 0 Å². The molecule has 10 aromatic rings. The Morgan fingerprint density at radius 1 is 0.350 bits per heavy atom. The van der Waals surface area contributed by atoms with Gasteiger partial charge in [-0.1, -0.05) is 121 Å². The maximum atomic E-state index is 15.6. The van der Waals surface area contributed by atoms with Gasteiger partial charge in [0, 0.05) is 46.7 Å². The highest BCUT2D eigenvalue weighted by Crippen LogP contribution is 2.47. The van der Waals surface area contributed by atoms with E-state index in [9.17, 15) is 0 Å². The molecule has 0 aliphatic carbocycles. The van der Waals surface area contributed by atoms with Gasteiger partial charge in [0.1, 0.15) is 0 Å². The molecule has 282 valence electrons. The number of hydrogen-bond donors (Lipinski definition) is 0.